The molecule has 0 aromatic carbocycles. The molecule has 1 aromatic rings. The van der Waals surface area contributed by atoms with E-state index in [1.54, 1.807) is 4.68 Å². The fourth-order valence-electron chi connectivity index (χ4n) is 2.61. The Morgan fingerprint density at radius 2 is 2.06 bits per heavy atom. The highest BCUT2D eigenvalue weighted by Gasteiger charge is 2.34. The van der Waals surface area contributed by atoms with Gasteiger partial charge in [-0.15, -0.1) is 0 Å². The Balaban J connectivity index is 2.05. The van der Waals surface area contributed by atoms with Gasteiger partial charge in [0, 0.05) is 18.8 Å². The minimum Gasteiger partial charge on any atom is -0.381 e. The smallest absolute Gasteiger partial charge is 0.167 e. The van der Waals surface area contributed by atoms with Crippen LogP contribution in [-0.4, -0.2) is 31.4 Å². The van der Waals surface area contributed by atoms with Crippen LogP contribution in [0, 0.1) is 11.3 Å². The lowest BCUT2D eigenvalue weighted by Gasteiger charge is -2.23. The second-order valence-corrected chi connectivity index (χ2v) is 6.77. The molecule has 0 bridgehead atoms. The van der Waals surface area contributed by atoms with E-state index in [1.807, 2.05) is 6.07 Å². The maximum atomic E-state index is 11.7. The van der Waals surface area contributed by atoms with Gasteiger partial charge in [0.2, 0.25) is 0 Å². The average Bonchev–Trinajstić information content (AvgIpc) is 2.83. The van der Waals surface area contributed by atoms with Crippen LogP contribution < -0.4 is 0 Å². The van der Waals surface area contributed by atoms with E-state index in [-0.39, 0.29) is 23.2 Å². The van der Waals surface area contributed by atoms with Crippen LogP contribution in [0.15, 0.2) is 0 Å². The first-order valence-electron chi connectivity index (χ1n) is 5.89. The second-order valence-electron chi connectivity index (χ2n) is 4.71. The number of aromatic nitrogens is 2. The Kier molecular flexibility index (Phi) is 2.64. The van der Waals surface area contributed by atoms with Gasteiger partial charge in [-0.1, -0.05) is 0 Å². The highest BCUT2D eigenvalue weighted by Crippen LogP contribution is 2.32. The van der Waals surface area contributed by atoms with Gasteiger partial charge >= 0.3 is 0 Å². The highest BCUT2D eigenvalue weighted by atomic mass is 32.2. The molecule has 0 amide bonds. The predicted molar refractivity (Wildman–Crippen MR) is 62.4 cm³/mol. The van der Waals surface area contributed by atoms with E-state index in [4.69, 9.17) is 10.00 Å². The molecule has 2 aliphatic heterocycles. The number of fused-ring (bicyclic) bond motifs is 1. The number of rotatable bonds is 1. The molecule has 0 atom stereocenters. The molecule has 96 valence electrons. The van der Waals surface area contributed by atoms with Gasteiger partial charge in [0.25, 0.3) is 0 Å². The quantitative estimate of drug-likeness (QED) is 0.741. The van der Waals surface area contributed by atoms with Gasteiger partial charge < -0.3 is 4.74 Å². The summed E-state index contributed by atoms with van der Waals surface area (Å²) >= 11 is 0. The van der Waals surface area contributed by atoms with Crippen molar-refractivity contribution in [2.45, 2.75) is 30.4 Å². The molecule has 18 heavy (non-hydrogen) atoms. The van der Waals surface area contributed by atoms with Crippen LogP contribution >= 0.6 is 0 Å². The molecule has 3 rings (SSSR count). The first kappa shape index (κ1) is 11.7. The molecule has 0 radical (unpaired) electrons. The molecule has 0 spiro atoms. The van der Waals surface area contributed by atoms with Gasteiger partial charge in [0.1, 0.15) is 6.07 Å². The van der Waals surface area contributed by atoms with Crippen LogP contribution in [0.3, 0.4) is 0 Å². The fraction of sp³-hybridized carbons (Fsp3) is 0.636. The first-order chi connectivity index (χ1) is 8.61. The average molecular weight is 267 g/mol. The van der Waals surface area contributed by atoms with Crippen molar-refractivity contribution in [3.63, 3.8) is 0 Å². The number of sulfone groups is 1. The normalized spacial score (nSPS) is 22.6. The Bertz CT molecular complexity index is 621. The summed E-state index contributed by atoms with van der Waals surface area (Å²) in [5.41, 5.74) is 1.57. The van der Waals surface area contributed by atoms with E-state index in [1.165, 1.54) is 0 Å². The molecular weight excluding hydrogens is 254 g/mol. The molecule has 1 aromatic heterocycles. The van der Waals surface area contributed by atoms with Crippen LogP contribution in [0.4, 0.5) is 0 Å². The third-order valence-corrected chi connectivity index (χ3v) is 4.92. The monoisotopic (exact) mass is 267 g/mol. The Morgan fingerprint density at radius 1 is 1.33 bits per heavy atom. The summed E-state index contributed by atoms with van der Waals surface area (Å²) in [6.07, 6.45) is 1.64. The van der Waals surface area contributed by atoms with Crippen molar-refractivity contribution in [2.24, 2.45) is 0 Å². The van der Waals surface area contributed by atoms with E-state index in [2.05, 4.69) is 5.10 Å². The molecule has 6 nitrogen and oxygen atoms in total. The maximum Gasteiger partial charge on any atom is 0.167 e. The molecular formula is C11H13N3O3S. The van der Waals surface area contributed by atoms with Crippen molar-refractivity contribution in [1.82, 2.24) is 9.78 Å². The Hall–Kier alpha value is -1.39. The number of hydrogen-bond acceptors (Lipinski definition) is 5. The summed E-state index contributed by atoms with van der Waals surface area (Å²) in [5.74, 6) is -0.0389. The molecule has 1 saturated heterocycles. The summed E-state index contributed by atoms with van der Waals surface area (Å²) in [6, 6.07) is 2.15. The number of nitriles is 1. The van der Waals surface area contributed by atoms with Crippen LogP contribution in [0.2, 0.25) is 0 Å². The molecule has 0 aliphatic carbocycles. The van der Waals surface area contributed by atoms with Crippen molar-refractivity contribution < 1.29 is 13.2 Å². The number of nitrogens with zero attached hydrogens (tertiary/aromatic N) is 3. The standard InChI is InChI=1S/C11H13N3O3S/c12-5-10-9-6-18(15,16)7-11(9)14(13-10)8-1-3-17-4-2-8/h8H,1-4,6-7H2. The number of ether oxygens (including phenoxy) is 1. The van der Waals surface area contributed by atoms with Gasteiger partial charge in [-0.05, 0) is 12.8 Å². The van der Waals surface area contributed by atoms with Crippen LogP contribution in [-0.2, 0) is 26.1 Å². The van der Waals surface area contributed by atoms with Gasteiger partial charge in [0.05, 0.1) is 23.2 Å². The van der Waals surface area contributed by atoms with Crippen molar-refractivity contribution in [2.75, 3.05) is 13.2 Å². The van der Waals surface area contributed by atoms with E-state index >= 15 is 0 Å². The molecule has 3 heterocycles. The fourth-order valence-corrected chi connectivity index (χ4v) is 4.18. The summed E-state index contributed by atoms with van der Waals surface area (Å²) in [5, 5.41) is 13.3. The largest absolute Gasteiger partial charge is 0.381 e. The first-order valence-corrected chi connectivity index (χ1v) is 7.71. The van der Waals surface area contributed by atoms with Crippen LogP contribution in [0.25, 0.3) is 0 Å². The number of hydrogen-bond donors (Lipinski definition) is 0. The van der Waals surface area contributed by atoms with E-state index in [0.29, 0.717) is 24.5 Å². The highest BCUT2D eigenvalue weighted by molar-refractivity contribution is 7.90. The molecule has 0 saturated carbocycles. The third kappa shape index (κ3) is 1.82. The second kappa shape index (κ2) is 4.07. The zero-order valence-corrected chi connectivity index (χ0v) is 10.6. The van der Waals surface area contributed by atoms with Crippen molar-refractivity contribution >= 4 is 9.84 Å². The summed E-state index contributed by atoms with van der Waals surface area (Å²) in [7, 11) is -3.10. The minimum atomic E-state index is -3.10. The lowest BCUT2D eigenvalue weighted by atomic mass is 10.1. The Labute approximate surface area is 105 Å². The zero-order valence-electron chi connectivity index (χ0n) is 9.79. The molecule has 2 aliphatic rings. The van der Waals surface area contributed by atoms with E-state index < -0.39 is 9.84 Å². The lowest BCUT2D eigenvalue weighted by molar-refractivity contribution is 0.0656. The molecule has 1 fully saturated rings. The van der Waals surface area contributed by atoms with Crippen molar-refractivity contribution in [1.29, 1.82) is 5.26 Å². The summed E-state index contributed by atoms with van der Waals surface area (Å²) < 4.78 is 30.4. The van der Waals surface area contributed by atoms with Gasteiger partial charge in [-0.3, -0.25) is 4.68 Å². The van der Waals surface area contributed by atoms with Crippen LogP contribution in [0.5, 0.6) is 0 Å². The predicted octanol–water partition coefficient (Wildman–Crippen LogP) is 0.535. The van der Waals surface area contributed by atoms with Crippen molar-refractivity contribution in [3.8, 4) is 6.07 Å². The maximum absolute atomic E-state index is 11.7. The van der Waals surface area contributed by atoms with E-state index in [0.717, 1.165) is 12.8 Å². The molecule has 0 N–H and O–H groups in total. The SMILES string of the molecule is N#Cc1nn(C2CCOCC2)c2c1CS(=O)(=O)C2. The summed E-state index contributed by atoms with van der Waals surface area (Å²) in [6.45, 7) is 1.32. The van der Waals surface area contributed by atoms with Gasteiger partial charge in [-0.2, -0.15) is 10.4 Å². The van der Waals surface area contributed by atoms with Gasteiger partial charge in [-0.25, -0.2) is 8.42 Å². The summed E-state index contributed by atoms with van der Waals surface area (Å²) in [4.78, 5) is 0. The van der Waals surface area contributed by atoms with E-state index in [9.17, 15) is 8.42 Å². The zero-order chi connectivity index (χ0) is 12.8. The lowest BCUT2D eigenvalue weighted by Crippen LogP contribution is -2.22. The minimum absolute atomic E-state index is 0.00830. The molecule has 0 unspecified atom stereocenters. The van der Waals surface area contributed by atoms with Gasteiger partial charge in [0.15, 0.2) is 15.5 Å². The van der Waals surface area contributed by atoms with Crippen molar-refractivity contribution in [3.05, 3.63) is 17.0 Å². The topological polar surface area (TPSA) is 85.0 Å². The Morgan fingerprint density at radius 3 is 2.72 bits per heavy atom. The molecule has 7 heteroatoms. The van der Waals surface area contributed by atoms with Crippen LogP contribution in [0.1, 0.15) is 35.8 Å². The third-order valence-electron chi connectivity index (χ3n) is 3.48.